The fourth-order valence-electron chi connectivity index (χ4n) is 4.37. The number of hydrogen-bond donors (Lipinski definition) is 2. The summed E-state index contributed by atoms with van der Waals surface area (Å²) in [5.41, 5.74) is 2.04. The normalized spacial score (nSPS) is 14.5. The van der Waals surface area contributed by atoms with Gasteiger partial charge >= 0.3 is 5.69 Å². The van der Waals surface area contributed by atoms with Gasteiger partial charge in [0, 0.05) is 24.0 Å². The Morgan fingerprint density at radius 1 is 1.11 bits per heavy atom. The van der Waals surface area contributed by atoms with E-state index in [2.05, 4.69) is 60.5 Å². The Bertz CT molecular complexity index is 1410. The maximum Gasteiger partial charge on any atom is 0.335 e. The van der Waals surface area contributed by atoms with Crippen molar-refractivity contribution in [3.63, 3.8) is 0 Å². The lowest BCUT2D eigenvalue weighted by Gasteiger charge is -2.31. The Labute approximate surface area is 201 Å². The molecule has 0 aliphatic carbocycles. The van der Waals surface area contributed by atoms with Crippen LogP contribution in [0.2, 0.25) is 0 Å². The number of aromatic nitrogens is 10. The predicted octanol–water partition coefficient (Wildman–Crippen LogP) is 1.91. The lowest BCUT2D eigenvalue weighted by Crippen LogP contribution is -2.36. The average molecular weight is 474 g/mol. The monoisotopic (exact) mass is 473 g/mol. The minimum Gasteiger partial charge on any atom is -0.368 e. The topological polar surface area (TPSA) is 137 Å². The van der Waals surface area contributed by atoms with Crippen molar-refractivity contribution in [3.05, 3.63) is 76.8 Å². The lowest BCUT2D eigenvalue weighted by atomic mass is 9.78. The van der Waals surface area contributed by atoms with Gasteiger partial charge < -0.3 is 5.32 Å². The molecule has 0 atom stereocenters. The Hall–Kier alpha value is -4.35. The number of dihydropyridines is 1. The largest absolute Gasteiger partial charge is 0.368 e. The zero-order valence-corrected chi connectivity index (χ0v) is 19.8. The third-order valence-electron chi connectivity index (χ3n) is 6.14. The Balaban J connectivity index is 1.62. The highest BCUT2D eigenvalue weighted by atomic mass is 16.2. The smallest absolute Gasteiger partial charge is 0.335 e. The van der Waals surface area contributed by atoms with E-state index in [9.17, 15) is 4.79 Å². The molecule has 3 aromatic heterocycles. The number of imidazole rings is 1. The number of aromatic amines is 1. The molecule has 0 bridgehead atoms. The van der Waals surface area contributed by atoms with Crippen LogP contribution in [-0.4, -0.2) is 50.0 Å². The minimum atomic E-state index is -0.572. The van der Waals surface area contributed by atoms with Crippen molar-refractivity contribution >= 4 is 0 Å². The van der Waals surface area contributed by atoms with Gasteiger partial charge in [0.05, 0.1) is 11.5 Å². The quantitative estimate of drug-likeness (QED) is 0.396. The second-order valence-corrected chi connectivity index (χ2v) is 8.83. The first-order chi connectivity index (χ1) is 17.0. The number of tetrazole rings is 2. The molecule has 4 aromatic rings. The first kappa shape index (κ1) is 22.4. The van der Waals surface area contributed by atoms with Gasteiger partial charge in [-0.1, -0.05) is 48.8 Å². The van der Waals surface area contributed by atoms with Crippen LogP contribution in [0.5, 0.6) is 0 Å². The van der Waals surface area contributed by atoms with Crippen molar-refractivity contribution in [1.29, 1.82) is 0 Å². The van der Waals surface area contributed by atoms with Gasteiger partial charge in [0.15, 0.2) is 5.82 Å². The van der Waals surface area contributed by atoms with E-state index in [0.717, 1.165) is 29.7 Å². The van der Waals surface area contributed by atoms with E-state index in [1.54, 1.807) is 9.25 Å². The Morgan fingerprint density at radius 2 is 1.94 bits per heavy atom. The molecule has 35 heavy (non-hydrogen) atoms. The summed E-state index contributed by atoms with van der Waals surface area (Å²) in [4.78, 5) is 13.8. The van der Waals surface area contributed by atoms with Gasteiger partial charge in [-0.15, -0.1) is 5.10 Å². The fraction of sp³-hybridized carbons (Fsp3) is 0.348. The van der Waals surface area contributed by atoms with Crippen LogP contribution >= 0.6 is 0 Å². The Morgan fingerprint density at radius 3 is 2.66 bits per heavy atom. The molecule has 0 radical (unpaired) electrons. The molecule has 12 heteroatoms. The SMILES string of the molecule is CCCc1cn(-c2nnnn2C(C)C)c(=O)n1CC1(c2cccc(-c3nnn[nH]3)c2)C=CNC=C1. The predicted molar refractivity (Wildman–Crippen MR) is 128 cm³/mol. The minimum absolute atomic E-state index is 0.0137. The van der Waals surface area contributed by atoms with E-state index in [-0.39, 0.29) is 11.7 Å². The van der Waals surface area contributed by atoms with Crippen molar-refractivity contribution in [2.75, 3.05) is 0 Å². The molecule has 2 N–H and O–H groups in total. The number of H-pyrrole nitrogens is 1. The summed E-state index contributed by atoms with van der Waals surface area (Å²) >= 11 is 0. The first-order valence-corrected chi connectivity index (χ1v) is 11.6. The van der Waals surface area contributed by atoms with Crippen LogP contribution in [0, 0.1) is 0 Å². The van der Waals surface area contributed by atoms with E-state index in [4.69, 9.17) is 0 Å². The van der Waals surface area contributed by atoms with Crippen molar-refractivity contribution in [3.8, 4) is 17.3 Å². The van der Waals surface area contributed by atoms with Gasteiger partial charge in [-0.2, -0.15) is 0 Å². The zero-order valence-electron chi connectivity index (χ0n) is 19.8. The second kappa shape index (κ2) is 9.12. The molecular weight excluding hydrogens is 446 g/mol. The molecule has 4 heterocycles. The van der Waals surface area contributed by atoms with Gasteiger partial charge in [-0.3, -0.25) is 4.57 Å². The van der Waals surface area contributed by atoms with E-state index in [1.807, 2.05) is 61.3 Å². The van der Waals surface area contributed by atoms with E-state index in [1.165, 1.54) is 0 Å². The van der Waals surface area contributed by atoms with Gasteiger partial charge in [-0.05, 0) is 65.2 Å². The summed E-state index contributed by atoms with van der Waals surface area (Å²) in [6, 6.07) is 8.03. The average Bonchev–Trinajstić information content (AvgIpc) is 3.63. The zero-order chi connectivity index (χ0) is 24.4. The molecule has 0 saturated carbocycles. The molecule has 1 aromatic carbocycles. The van der Waals surface area contributed by atoms with E-state index in [0.29, 0.717) is 18.3 Å². The van der Waals surface area contributed by atoms with Crippen molar-refractivity contribution < 1.29 is 0 Å². The maximum absolute atomic E-state index is 13.8. The molecule has 0 fully saturated rings. The number of benzene rings is 1. The third-order valence-corrected chi connectivity index (χ3v) is 6.14. The van der Waals surface area contributed by atoms with Gasteiger partial charge in [-0.25, -0.2) is 19.1 Å². The fourth-order valence-corrected chi connectivity index (χ4v) is 4.37. The molecule has 0 amide bonds. The van der Waals surface area contributed by atoms with Gasteiger partial charge in [0.1, 0.15) is 0 Å². The van der Waals surface area contributed by atoms with Crippen LogP contribution in [0.3, 0.4) is 0 Å². The number of hydrogen-bond acceptors (Lipinski definition) is 8. The lowest BCUT2D eigenvalue weighted by molar-refractivity contribution is 0.487. The van der Waals surface area contributed by atoms with Crippen LogP contribution < -0.4 is 11.0 Å². The summed E-state index contributed by atoms with van der Waals surface area (Å²) in [5.74, 6) is 0.991. The van der Waals surface area contributed by atoms with Crippen LogP contribution in [0.25, 0.3) is 17.3 Å². The molecule has 1 aliphatic heterocycles. The van der Waals surface area contributed by atoms with Gasteiger partial charge in [0.25, 0.3) is 5.95 Å². The highest BCUT2D eigenvalue weighted by molar-refractivity contribution is 5.57. The first-order valence-electron chi connectivity index (χ1n) is 11.6. The third kappa shape index (κ3) is 4.07. The Kier molecular flexibility index (Phi) is 5.85. The second-order valence-electron chi connectivity index (χ2n) is 8.83. The number of allylic oxidation sites excluding steroid dienone is 2. The van der Waals surface area contributed by atoms with E-state index < -0.39 is 5.41 Å². The highest BCUT2D eigenvalue weighted by Crippen LogP contribution is 2.33. The molecule has 180 valence electrons. The summed E-state index contributed by atoms with van der Waals surface area (Å²) in [7, 11) is 0. The summed E-state index contributed by atoms with van der Waals surface area (Å²) < 4.78 is 5.02. The molecule has 5 rings (SSSR count). The highest BCUT2D eigenvalue weighted by Gasteiger charge is 2.32. The summed E-state index contributed by atoms with van der Waals surface area (Å²) in [6.45, 7) is 6.46. The van der Waals surface area contributed by atoms with E-state index >= 15 is 0 Å². The molecule has 12 nitrogen and oxygen atoms in total. The number of rotatable bonds is 8. The number of nitrogens with one attached hydrogen (secondary N) is 2. The standard InChI is InChI=1S/C23H27N11O/c1-4-6-19-14-32(21-27-30-31-34(21)16(2)3)22(35)33(19)15-23(9-11-24-12-10-23)18-8-5-7-17(13-18)20-25-28-29-26-20/h5,7-14,16,24H,4,6,15H2,1-3H3,(H,25,26,28,29). The van der Waals surface area contributed by atoms with Crippen molar-refractivity contribution in [2.24, 2.45) is 0 Å². The van der Waals surface area contributed by atoms with Crippen molar-refractivity contribution in [1.82, 2.24) is 55.3 Å². The number of nitrogens with zero attached hydrogens (tertiary/aromatic N) is 9. The molecule has 0 unspecified atom stereocenters. The molecule has 0 spiro atoms. The molecule has 0 saturated heterocycles. The summed E-state index contributed by atoms with van der Waals surface area (Å²) in [5, 5.41) is 29.4. The van der Waals surface area contributed by atoms with Gasteiger partial charge in [0.2, 0.25) is 0 Å². The van der Waals surface area contributed by atoms with Crippen LogP contribution in [-0.2, 0) is 18.4 Å². The molecular formula is C23H27N11O. The maximum atomic E-state index is 13.8. The van der Waals surface area contributed by atoms with Crippen LogP contribution in [0.4, 0.5) is 0 Å². The summed E-state index contributed by atoms with van der Waals surface area (Å²) in [6.07, 6.45) is 11.4. The van der Waals surface area contributed by atoms with Crippen LogP contribution in [0.15, 0.2) is 59.8 Å². The van der Waals surface area contributed by atoms with Crippen molar-refractivity contribution in [2.45, 2.75) is 51.6 Å². The molecule has 1 aliphatic rings. The van der Waals surface area contributed by atoms with Crippen LogP contribution in [0.1, 0.15) is 44.5 Å². The number of aryl methyl sites for hydroxylation is 1.